The van der Waals surface area contributed by atoms with Crippen molar-refractivity contribution in [2.45, 2.75) is 108 Å². The van der Waals surface area contributed by atoms with Gasteiger partial charge in [0.15, 0.2) is 0 Å². The molecule has 0 aliphatic heterocycles. The number of rotatable bonds is 1. The van der Waals surface area contributed by atoms with Crippen LogP contribution < -0.4 is 0 Å². The summed E-state index contributed by atoms with van der Waals surface area (Å²) in [5.41, 5.74) is 1.65. The molecule has 0 aromatic rings. The zero-order valence-corrected chi connectivity index (χ0v) is 18.1. The van der Waals surface area contributed by atoms with Crippen LogP contribution in [0, 0.1) is 39.9 Å². The van der Waals surface area contributed by atoms with Crippen molar-refractivity contribution in [3.05, 3.63) is 0 Å². The number of hydrogen-bond acceptors (Lipinski definition) is 0. The minimum Gasteiger partial charge on any atom is -0.0651 e. The largest absolute Gasteiger partial charge is 0.0651 e. The molecule has 0 radical (unpaired) electrons. The molecule has 2 aliphatic rings. The van der Waals surface area contributed by atoms with E-state index in [1.807, 2.05) is 0 Å². The molecule has 138 valence electrons. The maximum absolute atomic E-state index is 2.40. The summed E-state index contributed by atoms with van der Waals surface area (Å²) in [7, 11) is 0. The summed E-state index contributed by atoms with van der Waals surface area (Å²) < 4.78 is 0. The van der Waals surface area contributed by atoms with E-state index in [0.29, 0.717) is 16.2 Å². The Balaban J connectivity index is 0.000000253. The van der Waals surface area contributed by atoms with E-state index in [4.69, 9.17) is 0 Å². The van der Waals surface area contributed by atoms with Crippen LogP contribution in [0.3, 0.4) is 0 Å². The first kappa shape index (κ1) is 21.0. The Morgan fingerprint density at radius 2 is 0.957 bits per heavy atom. The molecule has 0 aromatic heterocycles. The van der Waals surface area contributed by atoms with Crippen molar-refractivity contribution in [3.63, 3.8) is 0 Å². The molecule has 0 spiro atoms. The van der Waals surface area contributed by atoms with Crippen molar-refractivity contribution >= 4 is 0 Å². The van der Waals surface area contributed by atoms with Gasteiger partial charge in [-0.1, -0.05) is 75.7 Å². The molecule has 0 amide bonds. The van der Waals surface area contributed by atoms with Gasteiger partial charge in [-0.3, -0.25) is 0 Å². The van der Waals surface area contributed by atoms with Crippen molar-refractivity contribution < 1.29 is 0 Å². The van der Waals surface area contributed by atoms with Crippen molar-refractivity contribution in [2.24, 2.45) is 39.9 Å². The summed E-state index contributed by atoms with van der Waals surface area (Å²) in [6.45, 7) is 23.8. The van der Waals surface area contributed by atoms with Crippen LogP contribution in [0.25, 0.3) is 0 Å². The van der Waals surface area contributed by atoms with Gasteiger partial charge >= 0.3 is 0 Å². The molecule has 2 aliphatic carbocycles. The first-order valence-electron chi connectivity index (χ1n) is 10.3. The molecule has 0 saturated heterocycles. The smallest absolute Gasteiger partial charge is 0.0334 e. The highest BCUT2D eigenvalue weighted by molar-refractivity contribution is 4.92. The average molecular weight is 323 g/mol. The van der Waals surface area contributed by atoms with Crippen LogP contribution in [0.1, 0.15) is 108 Å². The van der Waals surface area contributed by atoms with Gasteiger partial charge in [0.05, 0.1) is 0 Å². The minimum atomic E-state index is 0.531. The molecule has 23 heavy (non-hydrogen) atoms. The zero-order valence-electron chi connectivity index (χ0n) is 18.1. The predicted molar refractivity (Wildman–Crippen MR) is 106 cm³/mol. The molecule has 0 aromatic carbocycles. The Hall–Kier alpha value is 0. The predicted octanol–water partition coefficient (Wildman–Crippen LogP) is 7.96. The standard InChI is InChI=1S/C14H28.C9H18/c1-13(2,3)11-7-9-12(10-8-11)14(4,5)6;1-5-7-6-8(7)9(2,3)4/h11-12H,7-10H2,1-6H3;7-8H,5-6H2,1-4H3. The molecule has 2 atom stereocenters. The molecule has 2 unspecified atom stereocenters. The maximum Gasteiger partial charge on any atom is -0.0334 e. The third kappa shape index (κ3) is 6.79. The molecule has 0 bridgehead atoms. The van der Waals surface area contributed by atoms with Gasteiger partial charge in [-0.25, -0.2) is 0 Å². The van der Waals surface area contributed by atoms with Gasteiger partial charge < -0.3 is 0 Å². The average Bonchev–Trinajstić information content (AvgIpc) is 3.17. The monoisotopic (exact) mass is 322 g/mol. The maximum atomic E-state index is 2.40. The van der Waals surface area contributed by atoms with Gasteiger partial charge in [0.25, 0.3) is 0 Å². The van der Waals surface area contributed by atoms with E-state index < -0.39 is 0 Å². The summed E-state index contributed by atoms with van der Waals surface area (Å²) in [6, 6.07) is 0. The normalized spacial score (nSPS) is 32.1. The Bertz CT molecular complexity index is 314. The fourth-order valence-electron chi connectivity index (χ4n) is 4.58. The van der Waals surface area contributed by atoms with Crippen LogP contribution in [0.5, 0.6) is 0 Å². The lowest BCUT2D eigenvalue weighted by molar-refractivity contribution is 0.0970. The van der Waals surface area contributed by atoms with Crippen LogP contribution >= 0.6 is 0 Å². The molecule has 2 rings (SSSR count). The van der Waals surface area contributed by atoms with Gasteiger partial charge in [0, 0.05) is 0 Å². The van der Waals surface area contributed by atoms with Crippen molar-refractivity contribution in [3.8, 4) is 0 Å². The van der Waals surface area contributed by atoms with Crippen LogP contribution in [0.4, 0.5) is 0 Å². The SMILES string of the molecule is CC(C)(C)C1CCC(C(C)(C)C)CC1.CCC1CC1C(C)(C)C. The van der Waals surface area contributed by atoms with Crippen LogP contribution in [-0.4, -0.2) is 0 Å². The topological polar surface area (TPSA) is 0 Å². The van der Waals surface area contributed by atoms with Crippen molar-refractivity contribution in [1.29, 1.82) is 0 Å². The van der Waals surface area contributed by atoms with Gasteiger partial charge in [-0.2, -0.15) is 0 Å². The van der Waals surface area contributed by atoms with Crippen LogP contribution in [0.15, 0.2) is 0 Å². The fraction of sp³-hybridized carbons (Fsp3) is 1.00. The highest BCUT2D eigenvalue weighted by atomic mass is 14.5. The Morgan fingerprint density at radius 1 is 0.609 bits per heavy atom. The highest BCUT2D eigenvalue weighted by Gasteiger charge is 2.43. The van der Waals surface area contributed by atoms with Gasteiger partial charge in [0.1, 0.15) is 0 Å². The van der Waals surface area contributed by atoms with E-state index in [-0.39, 0.29) is 0 Å². The lowest BCUT2D eigenvalue weighted by atomic mass is 9.64. The summed E-state index contributed by atoms with van der Waals surface area (Å²) in [6.07, 6.45) is 8.68. The van der Waals surface area contributed by atoms with Crippen molar-refractivity contribution in [1.82, 2.24) is 0 Å². The molecule has 0 nitrogen and oxygen atoms in total. The fourth-order valence-corrected chi connectivity index (χ4v) is 4.58. The molecular weight excluding hydrogens is 276 g/mol. The second-order valence-corrected chi connectivity index (χ2v) is 11.7. The molecule has 0 N–H and O–H groups in total. The highest BCUT2D eigenvalue weighted by Crippen LogP contribution is 2.52. The first-order valence-corrected chi connectivity index (χ1v) is 10.3. The molecule has 0 heteroatoms. The molecular formula is C23H46. The molecule has 2 fully saturated rings. The zero-order chi connectivity index (χ0) is 18.1. The minimum absolute atomic E-state index is 0.531. The van der Waals surface area contributed by atoms with E-state index in [1.165, 1.54) is 38.5 Å². The van der Waals surface area contributed by atoms with Gasteiger partial charge in [-0.15, -0.1) is 0 Å². The van der Waals surface area contributed by atoms with E-state index in [1.54, 1.807) is 0 Å². The first-order chi connectivity index (χ1) is 10.3. The van der Waals surface area contributed by atoms with Gasteiger partial charge in [0.2, 0.25) is 0 Å². The van der Waals surface area contributed by atoms with Crippen molar-refractivity contribution in [2.75, 3.05) is 0 Å². The quantitative estimate of drug-likeness (QED) is 0.459. The molecule has 0 heterocycles. The lowest BCUT2D eigenvalue weighted by Gasteiger charge is -2.41. The summed E-state index contributed by atoms with van der Waals surface area (Å²) in [5.74, 6) is 4.01. The summed E-state index contributed by atoms with van der Waals surface area (Å²) >= 11 is 0. The number of hydrogen-bond donors (Lipinski definition) is 0. The second-order valence-electron chi connectivity index (χ2n) is 11.7. The summed E-state index contributed by atoms with van der Waals surface area (Å²) in [5, 5.41) is 0. The molecule has 2 saturated carbocycles. The van der Waals surface area contributed by atoms with Gasteiger partial charge in [-0.05, 0) is 72.0 Å². The van der Waals surface area contributed by atoms with E-state index in [0.717, 1.165) is 23.7 Å². The third-order valence-electron chi connectivity index (χ3n) is 6.74. The van der Waals surface area contributed by atoms with E-state index in [9.17, 15) is 0 Å². The Kier molecular flexibility index (Phi) is 6.85. The van der Waals surface area contributed by atoms with Crippen LogP contribution in [-0.2, 0) is 0 Å². The Labute approximate surface area is 148 Å². The summed E-state index contributed by atoms with van der Waals surface area (Å²) in [4.78, 5) is 0. The third-order valence-corrected chi connectivity index (χ3v) is 6.74. The van der Waals surface area contributed by atoms with Crippen LogP contribution in [0.2, 0.25) is 0 Å². The second kappa shape index (κ2) is 7.49. The Morgan fingerprint density at radius 3 is 1.09 bits per heavy atom. The van der Waals surface area contributed by atoms with E-state index >= 15 is 0 Å². The van der Waals surface area contributed by atoms with E-state index in [2.05, 4.69) is 69.2 Å². The lowest BCUT2D eigenvalue weighted by Crippen LogP contribution is -2.30.